The van der Waals surface area contributed by atoms with Crippen LogP contribution in [0.2, 0.25) is 0 Å². The molecule has 0 bridgehead atoms. The van der Waals surface area contributed by atoms with E-state index in [4.69, 9.17) is 4.98 Å². The normalized spacial score (nSPS) is 22.2. The van der Waals surface area contributed by atoms with Crippen molar-refractivity contribution in [3.8, 4) is 0 Å². The molecule has 1 aromatic carbocycles. The van der Waals surface area contributed by atoms with Crippen LogP contribution in [0.1, 0.15) is 38.4 Å². The Morgan fingerprint density at radius 3 is 2.81 bits per heavy atom. The van der Waals surface area contributed by atoms with E-state index in [1.807, 2.05) is 6.07 Å². The van der Waals surface area contributed by atoms with Crippen molar-refractivity contribution >= 4 is 11.0 Å². The molecule has 4 heteroatoms. The Bertz CT molecular complexity index is 578. The van der Waals surface area contributed by atoms with Crippen LogP contribution in [0.15, 0.2) is 24.3 Å². The monoisotopic (exact) mass is 359 g/mol. The van der Waals surface area contributed by atoms with E-state index < -0.39 is 0 Å². The second-order valence-electron chi connectivity index (χ2n) is 5.92. The van der Waals surface area contributed by atoms with Gasteiger partial charge in [-0.1, -0.05) is 31.9 Å². The number of hydrogen-bond donors (Lipinski definition) is 1. The molecule has 2 aromatic rings. The Morgan fingerprint density at radius 2 is 2.05 bits per heavy atom. The smallest absolute Gasteiger partial charge is 0.121 e. The van der Waals surface area contributed by atoms with Gasteiger partial charge in [-0.05, 0) is 30.9 Å². The molecule has 1 aliphatic carbocycles. The van der Waals surface area contributed by atoms with Crippen LogP contribution < -0.4 is 5.32 Å². The molecular formula is C17H24N3Y-. The molecule has 1 heterocycles. The van der Waals surface area contributed by atoms with E-state index in [0.717, 1.165) is 30.3 Å². The minimum atomic E-state index is 0. The Balaban J connectivity index is 0.00000161. The van der Waals surface area contributed by atoms with Crippen LogP contribution in [-0.2, 0) is 45.8 Å². The summed E-state index contributed by atoms with van der Waals surface area (Å²) in [5.74, 6) is 1.89. The number of nitrogens with one attached hydrogen (secondary N) is 1. The van der Waals surface area contributed by atoms with E-state index in [2.05, 4.69) is 41.9 Å². The van der Waals surface area contributed by atoms with Crippen LogP contribution in [-0.4, -0.2) is 15.6 Å². The average molecular weight is 359 g/mol. The number of imidazole rings is 1. The maximum absolute atomic E-state index is 4.75. The predicted octanol–water partition coefficient (Wildman–Crippen LogP) is 3.54. The Kier molecular flexibility index (Phi) is 6.40. The average Bonchev–Trinajstić information content (AvgIpc) is 2.84. The summed E-state index contributed by atoms with van der Waals surface area (Å²) in [6.45, 7) is 7.99. The molecule has 3 rings (SSSR count). The number of rotatable bonds is 4. The molecule has 1 aromatic heterocycles. The molecule has 1 saturated carbocycles. The zero-order valence-electron chi connectivity index (χ0n) is 12.9. The summed E-state index contributed by atoms with van der Waals surface area (Å²) >= 11 is 0. The number of hydrogen-bond acceptors (Lipinski definition) is 2. The number of nitrogens with zero attached hydrogens (tertiary/aromatic N) is 2. The maximum Gasteiger partial charge on any atom is 0.121 e. The first-order valence-corrected chi connectivity index (χ1v) is 7.76. The van der Waals surface area contributed by atoms with Crippen molar-refractivity contribution in [2.24, 2.45) is 5.92 Å². The van der Waals surface area contributed by atoms with Crippen LogP contribution in [0.3, 0.4) is 0 Å². The third-order valence-electron chi connectivity index (χ3n) is 4.59. The van der Waals surface area contributed by atoms with Crippen molar-refractivity contribution in [3.05, 3.63) is 37.0 Å². The SMILES string of the molecule is [CH2-]Cn1c(CNC2CCCCC2C)nc2ccccc21.[Y]. The summed E-state index contributed by atoms with van der Waals surface area (Å²) in [5, 5.41) is 3.71. The molecule has 1 aliphatic rings. The van der Waals surface area contributed by atoms with Gasteiger partial charge in [-0.25, -0.2) is 4.98 Å². The standard InChI is InChI=1S/C17H24N3.Y/c1-3-20-16-11-7-6-10-15(16)19-17(20)12-18-14-9-5-4-8-13(14)2;/h6-7,10-11,13-14,18H,1,3-5,8-9,12H2,2H3;/q-1;. The summed E-state index contributed by atoms with van der Waals surface area (Å²) in [4.78, 5) is 4.75. The number of fused-ring (bicyclic) bond motifs is 1. The van der Waals surface area contributed by atoms with E-state index in [0.29, 0.717) is 6.04 Å². The largest absolute Gasteiger partial charge is 0.358 e. The fourth-order valence-electron chi connectivity index (χ4n) is 3.35. The third-order valence-corrected chi connectivity index (χ3v) is 4.59. The van der Waals surface area contributed by atoms with Crippen molar-refractivity contribution in [1.82, 2.24) is 14.9 Å². The molecule has 21 heavy (non-hydrogen) atoms. The molecule has 3 nitrogen and oxygen atoms in total. The Hall–Kier alpha value is -0.246. The van der Waals surface area contributed by atoms with Crippen molar-refractivity contribution in [1.29, 1.82) is 0 Å². The summed E-state index contributed by atoms with van der Waals surface area (Å²) < 4.78 is 2.22. The number of para-hydroxylation sites is 2. The molecule has 1 N–H and O–H groups in total. The van der Waals surface area contributed by atoms with Crippen LogP contribution in [0, 0.1) is 12.8 Å². The molecule has 0 spiro atoms. The minimum Gasteiger partial charge on any atom is -0.358 e. The first kappa shape index (κ1) is 17.1. The first-order valence-electron chi connectivity index (χ1n) is 7.76. The predicted molar refractivity (Wildman–Crippen MR) is 83.3 cm³/mol. The molecule has 0 aliphatic heterocycles. The zero-order chi connectivity index (χ0) is 13.9. The molecule has 1 fully saturated rings. The maximum atomic E-state index is 4.75. The molecule has 1 radical (unpaired) electrons. The molecule has 0 amide bonds. The zero-order valence-corrected chi connectivity index (χ0v) is 15.7. The molecule has 0 saturated heterocycles. The van der Waals surface area contributed by atoms with Gasteiger partial charge in [0.25, 0.3) is 0 Å². The Morgan fingerprint density at radius 1 is 1.29 bits per heavy atom. The molecular weight excluding hydrogens is 335 g/mol. The van der Waals surface area contributed by atoms with E-state index in [1.165, 1.54) is 31.2 Å². The molecule has 111 valence electrons. The second-order valence-corrected chi connectivity index (χ2v) is 5.92. The molecule has 2 atom stereocenters. The number of aromatic nitrogens is 2. The third kappa shape index (κ3) is 3.75. The van der Waals surface area contributed by atoms with Gasteiger partial charge in [0, 0.05) is 38.8 Å². The van der Waals surface area contributed by atoms with Gasteiger partial charge < -0.3 is 16.8 Å². The van der Waals surface area contributed by atoms with Crippen molar-refractivity contribution in [2.45, 2.75) is 51.7 Å². The Labute approximate surface area is 152 Å². The van der Waals surface area contributed by atoms with Crippen LogP contribution in [0.5, 0.6) is 0 Å². The summed E-state index contributed by atoms with van der Waals surface area (Å²) in [6, 6.07) is 8.95. The van der Waals surface area contributed by atoms with E-state index in [-0.39, 0.29) is 32.7 Å². The molecule has 2 unspecified atom stereocenters. The van der Waals surface area contributed by atoms with Gasteiger partial charge in [-0.3, -0.25) is 0 Å². The fraction of sp³-hybridized carbons (Fsp3) is 0.529. The van der Waals surface area contributed by atoms with Crippen molar-refractivity contribution < 1.29 is 32.7 Å². The van der Waals surface area contributed by atoms with Gasteiger partial charge in [-0.15, -0.1) is 6.54 Å². The summed E-state index contributed by atoms with van der Waals surface area (Å²) in [5.41, 5.74) is 2.26. The van der Waals surface area contributed by atoms with Crippen LogP contribution in [0.4, 0.5) is 0 Å². The first-order chi connectivity index (χ1) is 9.79. The number of benzene rings is 1. The van der Waals surface area contributed by atoms with E-state index >= 15 is 0 Å². The fourth-order valence-corrected chi connectivity index (χ4v) is 3.35. The van der Waals surface area contributed by atoms with Crippen molar-refractivity contribution in [3.63, 3.8) is 0 Å². The van der Waals surface area contributed by atoms with Crippen LogP contribution >= 0.6 is 0 Å². The van der Waals surface area contributed by atoms with Gasteiger partial charge in [0.05, 0.1) is 17.6 Å². The van der Waals surface area contributed by atoms with Crippen LogP contribution in [0.25, 0.3) is 11.0 Å². The van der Waals surface area contributed by atoms with E-state index in [9.17, 15) is 0 Å². The summed E-state index contributed by atoms with van der Waals surface area (Å²) in [6.07, 6.45) is 5.39. The van der Waals surface area contributed by atoms with Crippen molar-refractivity contribution in [2.75, 3.05) is 0 Å². The van der Waals surface area contributed by atoms with E-state index in [1.54, 1.807) is 0 Å². The minimum absolute atomic E-state index is 0. The second kappa shape index (κ2) is 7.85. The van der Waals surface area contributed by atoms with Gasteiger partial charge in [-0.2, -0.15) is 0 Å². The summed E-state index contributed by atoms with van der Waals surface area (Å²) in [7, 11) is 0. The van der Waals surface area contributed by atoms with Gasteiger partial charge in [0.1, 0.15) is 5.82 Å². The van der Waals surface area contributed by atoms with Gasteiger partial charge in [0.2, 0.25) is 0 Å². The topological polar surface area (TPSA) is 29.9 Å². The van der Waals surface area contributed by atoms with Gasteiger partial charge in [0.15, 0.2) is 0 Å². The quantitative estimate of drug-likeness (QED) is 0.847. The van der Waals surface area contributed by atoms with Gasteiger partial charge >= 0.3 is 0 Å².